The molecule has 0 saturated carbocycles. The van der Waals surface area contributed by atoms with Gasteiger partial charge in [-0.25, -0.2) is 0 Å². The maximum absolute atomic E-state index is 11.1. The van der Waals surface area contributed by atoms with E-state index in [2.05, 4.69) is 33.1 Å². The molecule has 0 aromatic heterocycles. The fourth-order valence-electron chi connectivity index (χ4n) is 1.19. The highest BCUT2D eigenvalue weighted by Crippen LogP contribution is 2.04. The van der Waals surface area contributed by atoms with E-state index in [-0.39, 0.29) is 5.91 Å². The Balaban J connectivity index is 2.62. The van der Waals surface area contributed by atoms with Crippen LogP contribution in [-0.2, 0) is 11.2 Å². The van der Waals surface area contributed by atoms with Crippen molar-refractivity contribution in [3.63, 3.8) is 0 Å². The smallest absolute Gasteiger partial charge is 0.224 e. The van der Waals surface area contributed by atoms with Crippen molar-refractivity contribution in [3.8, 4) is 11.8 Å². The normalized spacial score (nSPS) is 9.12. The summed E-state index contributed by atoms with van der Waals surface area (Å²) in [4.78, 5) is 11.1. The van der Waals surface area contributed by atoms with E-state index >= 15 is 0 Å². The maximum atomic E-state index is 11.1. The zero-order chi connectivity index (χ0) is 11.8. The number of alkyl halides is 1. The van der Waals surface area contributed by atoms with Gasteiger partial charge >= 0.3 is 0 Å². The van der Waals surface area contributed by atoms with Crippen LogP contribution >= 0.6 is 15.9 Å². The second-order valence-electron chi connectivity index (χ2n) is 3.29. The van der Waals surface area contributed by atoms with Crippen LogP contribution in [0.1, 0.15) is 17.5 Å². The highest BCUT2D eigenvalue weighted by molar-refractivity contribution is 9.09. The Morgan fingerprint density at radius 1 is 1.38 bits per heavy atom. The first-order chi connectivity index (χ1) is 7.76. The summed E-state index contributed by atoms with van der Waals surface area (Å²) in [7, 11) is 1.64. The quantitative estimate of drug-likeness (QED) is 0.667. The molecule has 84 valence electrons. The van der Waals surface area contributed by atoms with Gasteiger partial charge in [-0.2, -0.15) is 0 Å². The molecular formula is C13H14BrNO. The fourth-order valence-corrected chi connectivity index (χ4v) is 1.39. The Morgan fingerprint density at radius 2 is 2.06 bits per heavy atom. The summed E-state index contributed by atoms with van der Waals surface area (Å²) < 4.78 is 0. The lowest BCUT2D eigenvalue weighted by Gasteiger charge is -2.00. The lowest BCUT2D eigenvalue weighted by atomic mass is 10.1. The monoisotopic (exact) mass is 279 g/mol. The van der Waals surface area contributed by atoms with Crippen LogP contribution in [0.25, 0.3) is 0 Å². The van der Waals surface area contributed by atoms with Crippen molar-refractivity contribution in [2.45, 2.75) is 12.8 Å². The zero-order valence-corrected chi connectivity index (χ0v) is 10.8. The molecule has 0 atom stereocenters. The molecule has 0 radical (unpaired) electrons. The second-order valence-corrected chi connectivity index (χ2v) is 4.08. The van der Waals surface area contributed by atoms with E-state index in [1.165, 1.54) is 0 Å². The molecule has 0 aliphatic carbocycles. The number of benzene rings is 1. The maximum Gasteiger partial charge on any atom is 0.224 e. The van der Waals surface area contributed by atoms with E-state index in [1.54, 1.807) is 7.05 Å². The van der Waals surface area contributed by atoms with Crippen molar-refractivity contribution in [2.24, 2.45) is 0 Å². The Bertz CT molecular complexity index is 400. The first kappa shape index (κ1) is 12.8. The van der Waals surface area contributed by atoms with E-state index in [9.17, 15) is 4.79 Å². The van der Waals surface area contributed by atoms with Crippen LogP contribution in [0.15, 0.2) is 24.3 Å². The van der Waals surface area contributed by atoms with E-state index in [0.29, 0.717) is 6.42 Å². The number of likely N-dealkylation sites (N-methyl/N-ethyl adjacent to an activating group) is 1. The highest BCUT2D eigenvalue weighted by atomic mass is 79.9. The molecule has 0 bridgehead atoms. The molecule has 0 fully saturated rings. The summed E-state index contributed by atoms with van der Waals surface area (Å²) in [6.07, 6.45) is 1.27. The molecule has 1 aromatic rings. The van der Waals surface area contributed by atoms with Crippen molar-refractivity contribution in [2.75, 3.05) is 12.4 Å². The minimum atomic E-state index is 0.0260. The van der Waals surface area contributed by atoms with E-state index < -0.39 is 0 Å². The number of carbonyl (C=O) groups excluding carboxylic acids is 1. The molecule has 3 heteroatoms. The molecular weight excluding hydrogens is 266 g/mol. The highest BCUT2D eigenvalue weighted by Gasteiger charge is 1.99. The molecule has 0 spiro atoms. The Hall–Kier alpha value is -1.27. The van der Waals surface area contributed by atoms with Gasteiger partial charge in [0.2, 0.25) is 5.91 Å². The van der Waals surface area contributed by atoms with Crippen molar-refractivity contribution in [1.29, 1.82) is 0 Å². The SMILES string of the molecule is CNC(=O)Cc1ccc(C#CCCBr)cc1. The van der Waals surface area contributed by atoms with Gasteiger partial charge in [0.1, 0.15) is 0 Å². The number of amides is 1. The average Bonchev–Trinajstić information content (AvgIpc) is 2.31. The Kier molecular flexibility index (Phi) is 5.66. The van der Waals surface area contributed by atoms with Crippen molar-refractivity contribution >= 4 is 21.8 Å². The van der Waals surface area contributed by atoms with Crippen LogP contribution in [0.4, 0.5) is 0 Å². The lowest BCUT2D eigenvalue weighted by Crippen LogP contribution is -2.19. The van der Waals surface area contributed by atoms with Crippen LogP contribution in [0.3, 0.4) is 0 Å². The average molecular weight is 280 g/mol. The minimum absolute atomic E-state index is 0.0260. The third kappa shape index (κ3) is 4.50. The Labute approximate surface area is 105 Å². The molecule has 1 N–H and O–H groups in total. The van der Waals surface area contributed by atoms with Gasteiger partial charge in [-0.1, -0.05) is 39.9 Å². The van der Waals surface area contributed by atoms with Gasteiger partial charge in [0.25, 0.3) is 0 Å². The number of hydrogen-bond donors (Lipinski definition) is 1. The summed E-state index contributed by atoms with van der Waals surface area (Å²) >= 11 is 3.32. The van der Waals surface area contributed by atoms with Crippen molar-refractivity contribution in [1.82, 2.24) is 5.32 Å². The van der Waals surface area contributed by atoms with Crippen LogP contribution in [0.2, 0.25) is 0 Å². The summed E-state index contributed by atoms with van der Waals surface area (Å²) in [6, 6.07) is 7.76. The Morgan fingerprint density at radius 3 is 2.62 bits per heavy atom. The molecule has 0 unspecified atom stereocenters. The van der Waals surface area contributed by atoms with Crippen LogP contribution in [0.5, 0.6) is 0 Å². The van der Waals surface area contributed by atoms with Crippen LogP contribution < -0.4 is 5.32 Å². The number of nitrogens with one attached hydrogen (secondary N) is 1. The zero-order valence-electron chi connectivity index (χ0n) is 9.22. The molecule has 1 amide bonds. The number of carbonyl (C=O) groups is 1. The molecule has 1 aromatic carbocycles. The van der Waals surface area contributed by atoms with Crippen molar-refractivity contribution < 1.29 is 4.79 Å². The topological polar surface area (TPSA) is 29.1 Å². The van der Waals surface area contributed by atoms with E-state index in [1.807, 2.05) is 24.3 Å². The number of rotatable bonds is 3. The fraction of sp³-hybridized carbons (Fsp3) is 0.308. The summed E-state index contributed by atoms with van der Waals surface area (Å²) in [5.41, 5.74) is 1.99. The molecule has 0 heterocycles. The standard InChI is InChI=1S/C13H14BrNO/c1-15-13(16)10-12-7-5-11(6-8-12)4-2-3-9-14/h5-8H,3,9-10H2,1H3,(H,15,16). The first-order valence-corrected chi connectivity index (χ1v) is 6.22. The van der Waals surface area contributed by atoms with Gasteiger partial charge in [0, 0.05) is 24.4 Å². The predicted molar refractivity (Wildman–Crippen MR) is 69.5 cm³/mol. The van der Waals surface area contributed by atoms with Gasteiger partial charge in [0.15, 0.2) is 0 Å². The molecule has 1 rings (SSSR count). The molecule has 2 nitrogen and oxygen atoms in total. The van der Waals surface area contributed by atoms with Gasteiger partial charge < -0.3 is 5.32 Å². The molecule has 0 aliphatic heterocycles. The van der Waals surface area contributed by atoms with Gasteiger partial charge in [0.05, 0.1) is 6.42 Å². The largest absolute Gasteiger partial charge is 0.359 e. The predicted octanol–water partition coefficient (Wildman–Crippen LogP) is 2.11. The minimum Gasteiger partial charge on any atom is -0.359 e. The van der Waals surface area contributed by atoms with E-state index in [0.717, 1.165) is 22.9 Å². The lowest BCUT2D eigenvalue weighted by molar-refractivity contribution is -0.119. The van der Waals surface area contributed by atoms with Gasteiger partial charge in [-0.05, 0) is 17.7 Å². The third-order valence-corrected chi connectivity index (χ3v) is 2.45. The number of halogens is 1. The van der Waals surface area contributed by atoms with Crippen LogP contribution in [-0.4, -0.2) is 18.3 Å². The summed E-state index contributed by atoms with van der Waals surface area (Å²) in [6.45, 7) is 0. The van der Waals surface area contributed by atoms with E-state index in [4.69, 9.17) is 0 Å². The number of hydrogen-bond acceptors (Lipinski definition) is 1. The van der Waals surface area contributed by atoms with Crippen molar-refractivity contribution in [3.05, 3.63) is 35.4 Å². The van der Waals surface area contributed by atoms with Crippen LogP contribution in [0, 0.1) is 11.8 Å². The summed E-state index contributed by atoms with van der Waals surface area (Å²) in [5, 5.41) is 3.50. The third-order valence-electron chi connectivity index (χ3n) is 2.05. The summed E-state index contributed by atoms with van der Waals surface area (Å²) in [5.74, 6) is 6.13. The van der Waals surface area contributed by atoms with Gasteiger partial charge in [-0.3, -0.25) is 4.79 Å². The second kappa shape index (κ2) is 7.08. The molecule has 0 aliphatic rings. The first-order valence-electron chi connectivity index (χ1n) is 5.10. The van der Waals surface area contributed by atoms with Gasteiger partial charge in [-0.15, -0.1) is 0 Å². The molecule has 0 saturated heterocycles. The molecule has 16 heavy (non-hydrogen) atoms.